The van der Waals surface area contributed by atoms with E-state index in [1.165, 1.54) is 5.56 Å². The minimum absolute atomic E-state index is 0.236. The number of ether oxygens (including phenoxy) is 1. The third kappa shape index (κ3) is 2.52. The lowest BCUT2D eigenvalue weighted by molar-refractivity contribution is 0.222. The molecule has 7 nitrogen and oxygen atoms in total. The fraction of sp³-hybridized carbons (Fsp3) is 0.130. The van der Waals surface area contributed by atoms with Gasteiger partial charge in [-0.15, -0.1) is 0 Å². The Morgan fingerprint density at radius 1 is 0.967 bits per heavy atom. The molecule has 2 aromatic heterocycles. The topological polar surface area (TPSA) is 77.8 Å². The Morgan fingerprint density at radius 3 is 2.67 bits per heavy atom. The van der Waals surface area contributed by atoms with Gasteiger partial charge in [-0.1, -0.05) is 53.1 Å². The summed E-state index contributed by atoms with van der Waals surface area (Å²) < 4.78 is 8.37. The van der Waals surface area contributed by atoms with Gasteiger partial charge in [-0.05, 0) is 46.7 Å². The molecule has 146 valence electrons. The Bertz CT molecular complexity index is 1260. The fourth-order valence-electron chi connectivity index (χ4n) is 4.21. The number of para-hydroxylation sites is 1. The third-order valence-electron chi connectivity index (χ3n) is 5.62. The van der Waals surface area contributed by atoms with Crippen molar-refractivity contribution in [1.29, 1.82) is 0 Å². The average Bonchev–Trinajstić information content (AvgIpc) is 3.26. The zero-order valence-electron chi connectivity index (χ0n) is 16.2. The number of nitrogens with zero attached hydrogens (tertiary/aromatic N) is 5. The average molecular weight is 394 g/mol. The van der Waals surface area contributed by atoms with Crippen molar-refractivity contribution in [3.05, 3.63) is 101 Å². The van der Waals surface area contributed by atoms with Crippen molar-refractivity contribution in [2.75, 3.05) is 5.32 Å². The van der Waals surface area contributed by atoms with Crippen LogP contribution in [0, 0.1) is 6.92 Å². The number of rotatable bonds is 2. The van der Waals surface area contributed by atoms with Crippen LogP contribution in [0.1, 0.15) is 34.4 Å². The molecule has 4 heterocycles. The van der Waals surface area contributed by atoms with Crippen molar-refractivity contribution in [2.24, 2.45) is 0 Å². The van der Waals surface area contributed by atoms with Gasteiger partial charge in [0.2, 0.25) is 5.95 Å². The lowest BCUT2D eigenvalue weighted by Crippen LogP contribution is -2.32. The van der Waals surface area contributed by atoms with Gasteiger partial charge >= 0.3 is 0 Å². The number of pyridine rings is 1. The number of nitrogens with one attached hydrogen (secondary N) is 1. The van der Waals surface area contributed by atoms with E-state index < -0.39 is 0 Å². The van der Waals surface area contributed by atoms with E-state index in [0.717, 1.165) is 33.7 Å². The smallest absolute Gasteiger partial charge is 0.248 e. The maximum absolute atomic E-state index is 6.57. The number of hydrogen-bond donors (Lipinski definition) is 1. The molecule has 0 spiro atoms. The predicted molar refractivity (Wildman–Crippen MR) is 112 cm³/mol. The molecule has 0 fully saturated rings. The van der Waals surface area contributed by atoms with E-state index in [1.54, 1.807) is 10.9 Å². The molecule has 7 heteroatoms. The second kappa shape index (κ2) is 6.52. The summed E-state index contributed by atoms with van der Waals surface area (Å²) in [5.74, 6) is 1.43. The van der Waals surface area contributed by atoms with Crippen LogP contribution in [0.5, 0.6) is 5.75 Å². The van der Waals surface area contributed by atoms with Crippen LogP contribution in [0.4, 0.5) is 5.95 Å². The first-order chi connectivity index (χ1) is 14.8. The molecule has 2 aliphatic heterocycles. The summed E-state index contributed by atoms with van der Waals surface area (Å²) in [7, 11) is 0. The van der Waals surface area contributed by atoms with Crippen molar-refractivity contribution in [2.45, 2.75) is 19.1 Å². The highest BCUT2D eigenvalue weighted by molar-refractivity contribution is 5.85. The van der Waals surface area contributed by atoms with Crippen molar-refractivity contribution < 1.29 is 4.74 Å². The number of aromatic nitrogens is 5. The van der Waals surface area contributed by atoms with E-state index in [9.17, 15) is 0 Å². The normalized spacial score (nSPS) is 19.2. The molecule has 6 rings (SSSR count). The molecule has 0 unspecified atom stereocenters. The highest BCUT2D eigenvalue weighted by Gasteiger charge is 2.41. The Labute approximate surface area is 173 Å². The Kier molecular flexibility index (Phi) is 3.67. The molecular formula is C23H18N6O. The monoisotopic (exact) mass is 394 g/mol. The SMILES string of the molecule is Cc1ccc([C@@H]2Oc3ccccc3C3=C2[C@@H](c2cccnc2)n2nnnc2N3)cc1. The van der Waals surface area contributed by atoms with E-state index in [4.69, 9.17) is 4.74 Å². The quantitative estimate of drug-likeness (QED) is 0.555. The number of anilines is 1. The number of aryl methyl sites for hydroxylation is 1. The number of benzene rings is 2. The first kappa shape index (κ1) is 16.9. The molecule has 0 saturated heterocycles. The lowest BCUT2D eigenvalue weighted by Gasteiger charge is -2.38. The predicted octanol–water partition coefficient (Wildman–Crippen LogP) is 3.94. The highest BCUT2D eigenvalue weighted by Crippen LogP contribution is 2.50. The number of fused-ring (bicyclic) bond motifs is 3. The first-order valence-electron chi connectivity index (χ1n) is 9.81. The van der Waals surface area contributed by atoms with Crippen molar-refractivity contribution in [3.63, 3.8) is 0 Å². The van der Waals surface area contributed by atoms with Gasteiger partial charge in [0.1, 0.15) is 17.9 Å². The summed E-state index contributed by atoms with van der Waals surface area (Å²) in [5.41, 5.74) is 6.33. The van der Waals surface area contributed by atoms with Crippen LogP contribution < -0.4 is 10.1 Å². The molecule has 2 atom stereocenters. The molecule has 0 radical (unpaired) electrons. The molecule has 0 saturated carbocycles. The second-order valence-corrected chi connectivity index (χ2v) is 7.50. The molecular weight excluding hydrogens is 376 g/mol. The molecule has 0 bridgehead atoms. The third-order valence-corrected chi connectivity index (χ3v) is 5.62. The summed E-state index contributed by atoms with van der Waals surface area (Å²) in [4.78, 5) is 4.34. The van der Waals surface area contributed by atoms with Gasteiger partial charge in [0.15, 0.2) is 0 Å². The zero-order valence-corrected chi connectivity index (χ0v) is 16.2. The van der Waals surface area contributed by atoms with Crippen molar-refractivity contribution in [1.82, 2.24) is 25.2 Å². The first-order valence-corrected chi connectivity index (χ1v) is 9.81. The summed E-state index contributed by atoms with van der Waals surface area (Å²) in [5, 5.41) is 15.8. The maximum atomic E-state index is 6.57. The van der Waals surface area contributed by atoms with Crippen LogP contribution in [-0.2, 0) is 0 Å². The summed E-state index contributed by atoms with van der Waals surface area (Å²) in [6.07, 6.45) is 3.34. The van der Waals surface area contributed by atoms with Gasteiger partial charge in [-0.3, -0.25) is 4.98 Å². The Balaban J connectivity index is 1.63. The molecule has 4 aromatic rings. The van der Waals surface area contributed by atoms with Crippen LogP contribution in [-0.4, -0.2) is 25.2 Å². The summed E-state index contributed by atoms with van der Waals surface area (Å²) in [6.45, 7) is 2.08. The molecule has 0 aliphatic carbocycles. The lowest BCUT2D eigenvalue weighted by atomic mass is 9.85. The van der Waals surface area contributed by atoms with Crippen LogP contribution in [0.3, 0.4) is 0 Å². The zero-order chi connectivity index (χ0) is 20.1. The Hall–Kier alpha value is -4.00. The fourth-order valence-corrected chi connectivity index (χ4v) is 4.21. The van der Waals surface area contributed by atoms with Gasteiger partial charge < -0.3 is 10.1 Å². The van der Waals surface area contributed by atoms with E-state index >= 15 is 0 Å². The largest absolute Gasteiger partial charge is 0.480 e. The van der Waals surface area contributed by atoms with Gasteiger partial charge in [0.25, 0.3) is 0 Å². The van der Waals surface area contributed by atoms with Gasteiger partial charge in [-0.25, -0.2) is 0 Å². The van der Waals surface area contributed by atoms with Crippen LogP contribution in [0.2, 0.25) is 0 Å². The minimum atomic E-state index is -0.287. The number of hydrogen-bond acceptors (Lipinski definition) is 6. The van der Waals surface area contributed by atoms with Gasteiger partial charge in [0, 0.05) is 23.5 Å². The van der Waals surface area contributed by atoms with E-state index in [1.807, 2.05) is 36.5 Å². The Morgan fingerprint density at radius 2 is 1.83 bits per heavy atom. The maximum Gasteiger partial charge on any atom is 0.248 e. The molecule has 30 heavy (non-hydrogen) atoms. The molecule has 1 N–H and O–H groups in total. The van der Waals surface area contributed by atoms with Gasteiger partial charge in [0.05, 0.1) is 5.70 Å². The van der Waals surface area contributed by atoms with E-state index in [2.05, 4.69) is 63.1 Å². The second-order valence-electron chi connectivity index (χ2n) is 7.50. The molecule has 0 amide bonds. The number of tetrazole rings is 1. The van der Waals surface area contributed by atoms with Gasteiger partial charge in [-0.2, -0.15) is 4.68 Å². The van der Waals surface area contributed by atoms with Crippen LogP contribution in [0.15, 0.2) is 78.6 Å². The standard InChI is InChI=1S/C23H18N6O/c1-14-8-10-15(11-9-14)22-19-20(17-6-2-3-7-18(17)30-22)25-23-26-27-28-29(23)21(19)16-5-4-12-24-13-16/h2-13,21-22H,1H3,(H,25,26,28)/t21-,22+/m1/s1. The highest BCUT2D eigenvalue weighted by atomic mass is 16.5. The molecule has 2 aromatic carbocycles. The summed E-state index contributed by atoms with van der Waals surface area (Å²) >= 11 is 0. The van der Waals surface area contributed by atoms with E-state index in [0.29, 0.717) is 5.95 Å². The minimum Gasteiger partial charge on any atom is -0.480 e. The summed E-state index contributed by atoms with van der Waals surface area (Å²) in [6, 6.07) is 20.3. The van der Waals surface area contributed by atoms with Crippen molar-refractivity contribution in [3.8, 4) is 5.75 Å². The molecule has 2 aliphatic rings. The van der Waals surface area contributed by atoms with Crippen LogP contribution in [0.25, 0.3) is 5.70 Å². The van der Waals surface area contributed by atoms with Crippen LogP contribution >= 0.6 is 0 Å². The van der Waals surface area contributed by atoms with E-state index in [-0.39, 0.29) is 12.1 Å². The van der Waals surface area contributed by atoms with Crippen molar-refractivity contribution >= 4 is 11.6 Å².